The van der Waals surface area contributed by atoms with E-state index in [2.05, 4.69) is 9.97 Å². The molecule has 0 radical (unpaired) electrons. The van der Waals surface area contributed by atoms with Gasteiger partial charge < -0.3 is 19.8 Å². The van der Waals surface area contributed by atoms with Gasteiger partial charge in [-0.15, -0.1) is 0 Å². The topological polar surface area (TPSA) is 153 Å². The van der Waals surface area contributed by atoms with Crippen molar-refractivity contribution in [2.75, 3.05) is 17.5 Å². The Bertz CT molecular complexity index is 1860. The first-order valence-electron chi connectivity index (χ1n) is 12.7. The molecule has 0 aliphatic carbocycles. The smallest absolute Gasteiger partial charge is 0.326 e. The van der Waals surface area contributed by atoms with Crippen LogP contribution in [0.25, 0.3) is 21.9 Å². The fraction of sp³-hybridized carbons (Fsp3) is 0.172. The lowest BCUT2D eigenvalue weighted by molar-refractivity contribution is -0.141. The summed E-state index contributed by atoms with van der Waals surface area (Å²) < 4.78 is 41.9. The molecular formula is C29H28N6O5S. The zero-order valence-corrected chi connectivity index (χ0v) is 23.3. The SMILES string of the molecule is CCOC(=O)CN(c1ccc2c(c1)nc(COc1ccc(C(=N)N)cc1)n2C)S(=O)(=O)c1cccc2cccnc12. The van der Waals surface area contributed by atoms with Gasteiger partial charge in [0.25, 0.3) is 10.0 Å². The molecule has 11 nitrogen and oxygen atoms in total. The second kappa shape index (κ2) is 11.3. The number of para-hydroxylation sites is 1. The molecule has 0 fully saturated rings. The maximum atomic E-state index is 14.0. The number of hydrogen-bond acceptors (Lipinski definition) is 8. The molecule has 0 atom stereocenters. The van der Waals surface area contributed by atoms with Crippen LogP contribution in [-0.2, 0) is 33.2 Å². The van der Waals surface area contributed by atoms with E-state index in [1.54, 1.807) is 73.7 Å². The molecule has 0 amide bonds. The Kier molecular flexibility index (Phi) is 7.58. The van der Waals surface area contributed by atoms with Crippen molar-refractivity contribution in [3.05, 3.63) is 90.4 Å². The van der Waals surface area contributed by atoms with Crippen LogP contribution in [0.3, 0.4) is 0 Å². The highest BCUT2D eigenvalue weighted by molar-refractivity contribution is 7.93. The van der Waals surface area contributed by atoms with Gasteiger partial charge in [-0.3, -0.25) is 19.5 Å². The average Bonchev–Trinajstić information content (AvgIpc) is 3.29. The van der Waals surface area contributed by atoms with Gasteiger partial charge in [-0.05, 0) is 61.5 Å². The van der Waals surface area contributed by atoms with Crippen molar-refractivity contribution in [2.24, 2.45) is 12.8 Å². The summed E-state index contributed by atoms with van der Waals surface area (Å²) >= 11 is 0. The number of rotatable bonds is 10. The second-order valence-electron chi connectivity index (χ2n) is 9.13. The summed E-state index contributed by atoms with van der Waals surface area (Å²) in [5.74, 6) is 0.470. The minimum atomic E-state index is -4.24. The third-order valence-electron chi connectivity index (χ3n) is 6.52. The normalized spacial score (nSPS) is 11.5. The van der Waals surface area contributed by atoms with E-state index in [-0.39, 0.29) is 29.6 Å². The second-order valence-corrected chi connectivity index (χ2v) is 11.0. The number of esters is 1. The van der Waals surface area contributed by atoms with E-state index in [0.29, 0.717) is 33.6 Å². The van der Waals surface area contributed by atoms with E-state index >= 15 is 0 Å². The van der Waals surface area contributed by atoms with Crippen molar-refractivity contribution in [3.8, 4) is 5.75 Å². The number of nitrogens with zero attached hydrogens (tertiary/aromatic N) is 4. The maximum Gasteiger partial charge on any atom is 0.326 e. The molecule has 3 aromatic carbocycles. The molecule has 41 heavy (non-hydrogen) atoms. The Balaban J connectivity index is 1.50. The maximum absolute atomic E-state index is 14.0. The van der Waals surface area contributed by atoms with Gasteiger partial charge in [0.2, 0.25) is 0 Å². The summed E-state index contributed by atoms with van der Waals surface area (Å²) in [6.45, 7) is 1.39. The number of carbonyl (C=O) groups is 1. The average molecular weight is 573 g/mol. The van der Waals surface area contributed by atoms with Gasteiger partial charge in [-0.25, -0.2) is 13.4 Å². The number of hydrogen-bond donors (Lipinski definition) is 2. The Morgan fingerprint density at radius 3 is 2.56 bits per heavy atom. The fourth-order valence-electron chi connectivity index (χ4n) is 4.44. The Morgan fingerprint density at radius 1 is 1.07 bits per heavy atom. The number of ether oxygens (including phenoxy) is 2. The van der Waals surface area contributed by atoms with Crippen LogP contribution in [0.4, 0.5) is 5.69 Å². The van der Waals surface area contributed by atoms with Crippen LogP contribution in [0.2, 0.25) is 0 Å². The molecule has 0 aliphatic heterocycles. The number of aromatic nitrogens is 3. The van der Waals surface area contributed by atoms with Crippen LogP contribution in [0.5, 0.6) is 5.75 Å². The van der Waals surface area contributed by atoms with Crippen molar-refractivity contribution in [1.82, 2.24) is 14.5 Å². The summed E-state index contributed by atoms with van der Waals surface area (Å²) in [5.41, 5.74) is 7.93. The van der Waals surface area contributed by atoms with E-state index in [0.717, 1.165) is 9.82 Å². The molecule has 0 aliphatic rings. The van der Waals surface area contributed by atoms with Crippen molar-refractivity contribution in [1.29, 1.82) is 5.41 Å². The number of benzene rings is 3. The largest absolute Gasteiger partial charge is 0.486 e. The lowest BCUT2D eigenvalue weighted by Crippen LogP contribution is -2.36. The van der Waals surface area contributed by atoms with Crippen molar-refractivity contribution in [2.45, 2.75) is 18.4 Å². The van der Waals surface area contributed by atoms with Crippen LogP contribution < -0.4 is 14.8 Å². The number of carbonyl (C=O) groups excluding carboxylic acids is 1. The van der Waals surface area contributed by atoms with Crippen molar-refractivity contribution < 1.29 is 22.7 Å². The zero-order valence-electron chi connectivity index (χ0n) is 22.4. The van der Waals surface area contributed by atoms with Crippen LogP contribution in [-0.4, -0.2) is 47.9 Å². The Hall–Kier alpha value is -4.97. The Labute approximate surface area is 236 Å². The number of nitrogens with two attached hydrogens (primary N) is 1. The molecule has 0 unspecified atom stereocenters. The first-order valence-corrected chi connectivity index (χ1v) is 14.2. The third kappa shape index (κ3) is 5.54. The predicted molar refractivity (Wildman–Crippen MR) is 155 cm³/mol. The van der Waals surface area contributed by atoms with E-state index in [4.69, 9.17) is 20.6 Å². The molecule has 210 valence electrons. The standard InChI is InChI=1S/C29H28N6O5S/c1-3-39-27(36)17-35(41(37,38)25-8-4-6-19-7-5-15-32-28(19)25)21-11-14-24-23(16-21)33-26(34(24)2)18-40-22-12-9-20(10-13-22)29(30)31/h4-16H,3,17-18H2,1-2H3,(H3,30,31). The van der Waals surface area contributed by atoms with Crippen molar-refractivity contribution in [3.63, 3.8) is 0 Å². The molecule has 2 heterocycles. The number of amidine groups is 1. The number of aryl methyl sites for hydroxylation is 1. The minimum absolute atomic E-state index is 0.0223. The lowest BCUT2D eigenvalue weighted by Gasteiger charge is -2.24. The minimum Gasteiger partial charge on any atom is -0.486 e. The number of sulfonamides is 1. The van der Waals surface area contributed by atoms with Crippen LogP contribution >= 0.6 is 0 Å². The molecule has 5 aromatic rings. The molecule has 0 saturated heterocycles. The van der Waals surface area contributed by atoms with Crippen LogP contribution in [0.1, 0.15) is 18.3 Å². The molecule has 5 rings (SSSR count). The zero-order chi connectivity index (χ0) is 29.1. The number of nitrogens with one attached hydrogen (secondary N) is 1. The van der Waals surface area contributed by atoms with Gasteiger partial charge in [-0.2, -0.15) is 0 Å². The molecule has 0 bridgehead atoms. The number of imidazole rings is 1. The first-order chi connectivity index (χ1) is 19.7. The number of nitrogen functional groups attached to an aromatic ring is 1. The summed E-state index contributed by atoms with van der Waals surface area (Å²) in [4.78, 5) is 21.5. The summed E-state index contributed by atoms with van der Waals surface area (Å²) in [6, 6.07) is 20.2. The number of fused-ring (bicyclic) bond motifs is 2. The van der Waals surface area contributed by atoms with Gasteiger partial charge in [0.1, 0.15) is 35.5 Å². The molecule has 0 spiro atoms. The number of pyridine rings is 1. The molecule has 3 N–H and O–H groups in total. The summed E-state index contributed by atoms with van der Waals surface area (Å²) in [6.07, 6.45) is 1.53. The highest BCUT2D eigenvalue weighted by Crippen LogP contribution is 2.30. The molecule has 12 heteroatoms. The number of anilines is 1. The Morgan fingerprint density at radius 2 is 1.83 bits per heavy atom. The first kappa shape index (κ1) is 27.6. The lowest BCUT2D eigenvalue weighted by atomic mass is 10.2. The quantitative estimate of drug-likeness (QED) is 0.146. The van der Waals surface area contributed by atoms with Gasteiger partial charge in [0.05, 0.1) is 28.8 Å². The third-order valence-corrected chi connectivity index (χ3v) is 8.33. The van der Waals surface area contributed by atoms with Gasteiger partial charge in [0.15, 0.2) is 0 Å². The molecule has 2 aromatic heterocycles. The fourth-order valence-corrected chi connectivity index (χ4v) is 6.01. The van der Waals surface area contributed by atoms with E-state index < -0.39 is 22.5 Å². The highest BCUT2D eigenvalue weighted by Gasteiger charge is 2.30. The van der Waals surface area contributed by atoms with E-state index in [1.165, 1.54) is 12.3 Å². The van der Waals surface area contributed by atoms with E-state index in [9.17, 15) is 13.2 Å². The van der Waals surface area contributed by atoms with E-state index in [1.807, 2.05) is 11.6 Å². The highest BCUT2D eigenvalue weighted by atomic mass is 32.2. The predicted octanol–water partition coefficient (Wildman–Crippen LogP) is 3.74. The van der Waals surface area contributed by atoms with Crippen LogP contribution in [0, 0.1) is 5.41 Å². The monoisotopic (exact) mass is 572 g/mol. The van der Waals surface area contributed by atoms with Gasteiger partial charge >= 0.3 is 5.97 Å². The van der Waals surface area contributed by atoms with Crippen molar-refractivity contribution >= 4 is 49.5 Å². The molecular weight excluding hydrogens is 544 g/mol. The summed E-state index contributed by atoms with van der Waals surface area (Å²) in [7, 11) is -2.40. The van der Waals surface area contributed by atoms with Gasteiger partial charge in [0, 0.05) is 24.2 Å². The molecule has 0 saturated carbocycles. The summed E-state index contributed by atoms with van der Waals surface area (Å²) in [5, 5.41) is 8.17. The van der Waals surface area contributed by atoms with Crippen LogP contribution in [0.15, 0.2) is 83.9 Å². The van der Waals surface area contributed by atoms with Gasteiger partial charge in [-0.1, -0.05) is 18.2 Å².